The van der Waals surface area contributed by atoms with Gasteiger partial charge in [-0.3, -0.25) is 9.69 Å². The van der Waals surface area contributed by atoms with Gasteiger partial charge in [0.15, 0.2) is 0 Å². The summed E-state index contributed by atoms with van der Waals surface area (Å²) in [5.41, 5.74) is 3.98. The van der Waals surface area contributed by atoms with Gasteiger partial charge in [0.1, 0.15) is 11.4 Å². The molecule has 2 amide bonds. The van der Waals surface area contributed by atoms with E-state index in [0.29, 0.717) is 28.9 Å². The number of halogens is 3. The number of nitrogens with one attached hydrogen (secondary N) is 2. The van der Waals surface area contributed by atoms with Crippen LogP contribution in [0.5, 0.6) is 5.75 Å². The molecule has 2 aromatic carbocycles. The molecule has 3 heterocycles. The summed E-state index contributed by atoms with van der Waals surface area (Å²) in [7, 11) is 2.11. The Labute approximate surface area is 235 Å². The normalized spacial score (nSPS) is 18.0. The van der Waals surface area contributed by atoms with Crippen molar-refractivity contribution in [1.29, 1.82) is 0 Å². The first-order valence-corrected chi connectivity index (χ1v) is 13.4. The van der Waals surface area contributed by atoms with Gasteiger partial charge in [-0.15, -0.1) is 13.2 Å². The lowest BCUT2D eigenvalue weighted by Gasteiger charge is -2.32. The van der Waals surface area contributed by atoms with Crippen LogP contribution in [0.3, 0.4) is 0 Å². The van der Waals surface area contributed by atoms with Crippen LogP contribution in [-0.2, 0) is 6.54 Å². The van der Waals surface area contributed by atoms with E-state index in [-0.39, 0.29) is 30.8 Å². The highest BCUT2D eigenvalue weighted by atomic mass is 19.4. The number of hydrogen-bond acceptors (Lipinski definition) is 5. The Morgan fingerprint density at radius 3 is 2.49 bits per heavy atom. The largest absolute Gasteiger partial charge is 0.573 e. The number of benzene rings is 2. The van der Waals surface area contributed by atoms with Crippen molar-refractivity contribution >= 4 is 12.0 Å². The molecule has 0 spiro atoms. The standard InChI is InChI=1S/C29H32F3N5O4/c1-35-11-13-36(14-12-35)18-19-5-7-20(8-6-19)26-24(21-3-2-4-23(15-21)41-29(30,31)32)16-25-27(38)34-17-22(37(25)26)9-10-33-28(39)40/h2-8,15-16,22,33H,9-14,17-18H2,1H3,(H,34,38)(H,39,40)/t22-/m0/s1. The van der Waals surface area contributed by atoms with Crippen molar-refractivity contribution in [3.8, 4) is 28.1 Å². The minimum Gasteiger partial charge on any atom is -0.465 e. The monoisotopic (exact) mass is 571 g/mol. The number of fused-ring (bicyclic) bond motifs is 1. The summed E-state index contributed by atoms with van der Waals surface area (Å²) in [6.07, 6.45) is -5.58. The van der Waals surface area contributed by atoms with Crippen LogP contribution in [0.15, 0.2) is 54.6 Å². The molecule has 3 N–H and O–H groups in total. The molecule has 12 heteroatoms. The lowest BCUT2D eigenvalue weighted by molar-refractivity contribution is -0.274. The smallest absolute Gasteiger partial charge is 0.465 e. The molecule has 0 unspecified atom stereocenters. The molecule has 9 nitrogen and oxygen atoms in total. The molecule has 1 aromatic heterocycles. The maximum atomic E-state index is 13.0. The zero-order valence-electron chi connectivity index (χ0n) is 22.6. The topological polar surface area (TPSA) is 99.1 Å². The Bertz CT molecular complexity index is 1400. The molecule has 41 heavy (non-hydrogen) atoms. The average molecular weight is 572 g/mol. The molecule has 3 aromatic rings. The first-order valence-electron chi connectivity index (χ1n) is 13.4. The van der Waals surface area contributed by atoms with E-state index in [0.717, 1.165) is 43.9 Å². The Hall–Kier alpha value is -4.03. The van der Waals surface area contributed by atoms with E-state index in [4.69, 9.17) is 5.11 Å². The predicted molar refractivity (Wildman–Crippen MR) is 147 cm³/mol. The van der Waals surface area contributed by atoms with Gasteiger partial charge in [-0.2, -0.15) is 0 Å². The molecule has 0 saturated carbocycles. The number of piperazine rings is 1. The Kier molecular flexibility index (Phi) is 8.22. The Morgan fingerprint density at radius 1 is 1.07 bits per heavy atom. The third-order valence-corrected chi connectivity index (χ3v) is 7.49. The van der Waals surface area contributed by atoms with Gasteiger partial charge in [0.25, 0.3) is 5.91 Å². The highest BCUT2D eigenvalue weighted by Gasteiger charge is 2.33. The lowest BCUT2D eigenvalue weighted by Crippen LogP contribution is -2.43. The molecule has 218 valence electrons. The summed E-state index contributed by atoms with van der Waals surface area (Å²) in [4.78, 5) is 28.7. The second kappa shape index (κ2) is 11.8. The number of ether oxygens (including phenoxy) is 1. The summed E-state index contributed by atoms with van der Waals surface area (Å²) in [6.45, 7) is 5.23. The SMILES string of the molecule is CN1CCN(Cc2ccc(-c3c(-c4cccc(OC(F)(F)F)c4)cc4n3[C@@H](CCNC(=O)O)CNC4=O)cc2)CC1. The number of carbonyl (C=O) groups excluding carboxylic acids is 1. The lowest BCUT2D eigenvalue weighted by atomic mass is 9.99. The summed E-state index contributed by atoms with van der Waals surface area (Å²) < 4.78 is 45.0. The second-order valence-corrected chi connectivity index (χ2v) is 10.4. The number of hydrogen-bond donors (Lipinski definition) is 3. The summed E-state index contributed by atoms with van der Waals surface area (Å²) in [5.74, 6) is -0.673. The maximum absolute atomic E-state index is 13.0. The Balaban J connectivity index is 1.54. The molecular weight excluding hydrogens is 539 g/mol. The summed E-state index contributed by atoms with van der Waals surface area (Å²) >= 11 is 0. The summed E-state index contributed by atoms with van der Waals surface area (Å²) in [6, 6.07) is 15.1. The van der Waals surface area contributed by atoms with E-state index < -0.39 is 12.5 Å². The molecule has 2 aliphatic heterocycles. The van der Waals surface area contributed by atoms with Gasteiger partial charge in [-0.05, 0) is 48.4 Å². The van der Waals surface area contributed by atoms with Crippen LogP contribution in [0.4, 0.5) is 18.0 Å². The highest BCUT2D eigenvalue weighted by molar-refractivity contribution is 5.98. The number of carboxylic acid groups (broad SMARTS) is 1. The van der Waals surface area contributed by atoms with Gasteiger partial charge in [0.05, 0.1) is 11.7 Å². The van der Waals surface area contributed by atoms with Crippen LogP contribution in [0.25, 0.3) is 22.4 Å². The fourth-order valence-electron chi connectivity index (χ4n) is 5.46. The van der Waals surface area contributed by atoms with Gasteiger partial charge >= 0.3 is 12.5 Å². The van der Waals surface area contributed by atoms with E-state index in [1.807, 2.05) is 28.8 Å². The van der Waals surface area contributed by atoms with Crippen LogP contribution in [0.2, 0.25) is 0 Å². The van der Waals surface area contributed by atoms with E-state index in [2.05, 4.69) is 32.2 Å². The zero-order valence-corrected chi connectivity index (χ0v) is 22.6. The predicted octanol–water partition coefficient (Wildman–Crippen LogP) is 4.41. The van der Waals surface area contributed by atoms with Crippen LogP contribution < -0.4 is 15.4 Å². The number of likely N-dealkylation sites (N-methyl/N-ethyl adjacent to an activating group) is 1. The van der Waals surface area contributed by atoms with Crippen LogP contribution in [0.1, 0.15) is 28.5 Å². The van der Waals surface area contributed by atoms with Gasteiger partial charge < -0.3 is 29.9 Å². The Morgan fingerprint density at radius 2 is 1.80 bits per heavy atom. The zero-order chi connectivity index (χ0) is 29.1. The molecular formula is C29H32F3N5O4. The number of alkyl halides is 3. The molecule has 1 saturated heterocycles. The average Bonchev–Trinajstić information content (AvgIpc) is 3.33. The minimum atomic E-state index is -4.84. The van der Waals surface area contributed by atoms with Crippen molar-refractivity contribution in [2.45, 2.75) is 25.4 Å². The third-order valence-electron chi connectivity index (χ3n) is 7.49. The number of nitrogens with zero attached hydrogens (tertiary/aromatic N) is 3. The van der Waals surface area contributed by atoms with Gasteiger partial charge in [-0.1, -0.05) is 36.4 Å². The van der Waals surface area contributed by atoms with Crippen LogP contribution in [0, 0.1) is 0 Å². The van der Waals surface area contributed by atoms with E-state index in [1.165, 1.54) is 18.2 Å². The molecule has 1 atom stereocenters. The molecule has 0 radical (unpaired) electrons. The molecule has 2 aliphatic rings. The van der Waals surface area contributed by atoms with Gasteiger partial charge in [-0.25, -0.2) is 4.79 Å². The van der Waals surface area contributed by atoms with Crippen LogP contribution >= 0.6 is 0 Å². The van der Waals surface area contributed by atoms with Gasteiger partial charge in [0, 0.05) is 51.4 Å². The fraction of sp³-hybridized carbons (Fsp3) is 0.379. The summed E-state index contributed by atoms with van der Waals surface area (Å²) in [5, 5.41) is 14.3. The van der Waals surface area contributed by atoms with E-state index in [1.54, 1.807) is 12.1 Å². The first kappa shape index (κ1) is 28.5. The molecule has 5 rings (SSSR count). The van der Waals surface area contributed by atoms with Crippen molar-refractivity contribution in [2.75, 3.05) is 46.3 Å². The quantitative estimate of drug-likeness (QED) is 0.371. The minimum absolute atomic E-state index is 0.168. The van der Waals surface area contributed by atoms with E-state index in [9.17, 15) is 22.8 Å². The maximum Gasteiger partial charge on any atom is 0.573 e. The number of rotatable bonds is 8. The van der Waals surface area contributed by atoms with Crippen molar-refractivity contribution < 1.29 is 32.6 Å². The van der Waals surface area contributed by atoms with Crippen molar-refractivity contribution in [1.82, 2.24) is 25.0 Å². The third kappa shape index (κ3) is 6.83. The number of carbonyl (C=O) groups is 2. The van der Waals surface area contributed by atoms with Crippen molar-refractivity contribution in [2.24, 2.45) is 0 Å². The first-order chi connectivity index (χ1) is 19.6. The second-order valence-electron chi connectivity index (χ2n) is 10.4. The molecule has 0 bridgehead atoms. The fourth-order valence-corrected chi connectivity index (χ4v) is 5.46. The molecule has 0 aliphatic carbocycles. The number of amides is 2. The van der Waals surface area contributed by atoms with Crippen LogP contribution in [-0.4, -0.2) is 84.2 Å². The molecule has 1 fully saturated rings. The van der Waals surface area contributed by atoms with E-state index >= 15 is 0 Å². The van der Waals surface area contributed by atoms with Gasteiger partial charge in [0.2, 0.25) is 0 Å². The highest BCUT2D eigenvalue weighted by Crippen LogP contribution is 2.40. The van der Waals surface area contributed by atoms with Crippen molar-refractivity contribution in [3.05, 3.63) is 65.9 Å². The number of aromatic nitrogens is 1. The van der Waals surface area contributed by atoms with Crippen molar-refractivity contribution in [3.63, 3.8) is 0 Å².